The van der Waals surface area contributed by atoms with Gasteiger partial charge in [-0.3, -0.25) is 14.0 Å². The molecule has 1 aromatic carbocycles. The lowest BCUT2D eigenvalue weighted by atomic mass is 9.96. The SMILES string of the molecule is CCOC(=O)c1cc2c(=O)n3ccccc3nc2n(C(C)C)c1=NC(=O)[C@H](CC)c1ccccc1. The number of rotatable bonds is 6. The Hall–Kier alpha value is -4.07. The molecule has 0 unspecified atom stereocenters. The van der Waals surface area contributed by atoms with E-state index in [1.54, 1.807) is 35.9 Å². The summed E-state index contributed by atoms with van der Waals surface area (Å²) in [6.07, 6.45) is 2.17. The molecule has 8 nitrogen and oxygen atoms in total. The van der Waals surface area contributed by atoms with Crippen molar-refractivity contribution in [1.82, 2.24) is 14.0 Å². The van der Waals surface area contributed by atoms with E-state index in [0.29, 0.717) is 17.7 Å². The topological polar surface area (TPSA) is 95.0 Å². The van der Waals surface area contributed by atoms with E-state index >= 15 is 0 Å². The van der Waals surface area contributed by atoms with Gasteiger partial charge in [0.25, 0.3) is 11.5 Å². The quantitative estimate of drug-likeness (QED) is 0.312. The molecule has 0 aliphatic heterocycles. The van der Waals surface area contributed by atoms with Crippen molar-refractivity contribution in [2.24, 2.45) is 4.99 Å². The lowest BCUT2D eigenvalue weighted by Crippen LogP contribution is -2.34. The summed E-state index contributed by atoms with van der Waals surface area (Å²) in [5.41, 5.74) is 1.52. The number of hydrogen-bond donors (Lipinski definition) is 0. The smallest absolute Gasteiger partial charge is 0.341 e. The van der Waals surface area contributed by atoms with Gasteiger partial charge in [-0.15, -0.1) is 0 Å². The molecule has 3 aromatic heterocycles. The highest BCUT2D eigenvalue weighted by Gasteiger charge is 2.23. The first-order chi connectivity index (χ1) is 16.9. The van der Waals surface area contributed by atoms with Gasteiger partial charge in [-0.2, -0.15) is 4.99 Å². The third-order valence-corrected chi connectivity index (χ3v) is 5.87. The van der Waals surface area contributed by atoms with Crippen molar-refractivity contribution in [3.63, 3.8) is 0 Å². The van der Waals surface area contributed by atoms with Crippen LogP contribution in [-0.2, 0) is 9.53 Å². The molecular weight excluding hydrogens is 444 g/mol. The van der Waals surface area contributed by atoms with Crippen LogP contribution < -0.4 is 11.0 Å². The van der Waals surface area contributed by atoms with Crippen LogP contribution in [0.3, 0.4) is 0 Å². The molecule has 0 aliphatic carbocycles. The van der Waals surface area contributed by atoms with Crippen molar-refractivity contribution < 1.29 is 14.3 Å². The molecule has 4 aromatic rings. The molecule has 0 N–H and O–H groups in total. The average molecular weight is 473 g/mol. The number of carbonyl (C=O) groups excluding carboxylic acids is 2. The number of benzene rings is 1. The molecule has 1 amide bonds. The van der Waals surface area contributed by atoms with Crippen LogP contribution in [-0.4, -0.2) is 32.4 Å². The third-order valence-electron chi connectivity index (χ3n) is 5.87. The zero-order valence-corrected chi connectivity index (χ0v) is 20.3. The van der Waals surface area contributed by atoms with Crippen LogP contribution in [0, 0.1) is 0 Å². The van der Waals surface area contributed by atoms with E-state index in [-0.39, 0.29) is 40.6 Å². The molecule has 0 saturated carbocycles. The summed E-state index contributed by atoms with van der Waals surface area (Å²) in [5.74, 6) is -1.51. The first-order valence-electron chi connectivity index (χ1n) is 11.7. The van der Waals surface area contributed by atoms with E-state index in [0.717, 1.165) is 5.56 Å². The standard InChI is InChI=1S/C27H28N4O4/c1-5-19(18-12-8-7-9-13-18)25(32)29-24-21(27(34)35-6-2)16-20-23(31(24)17(3)4)28-22-14-10-11-15-30(22)26(20)33/h7-17,19H,5-6H2,1-4H3/t19-/m1/s1. The Labute approximate surface area is 202 Å². The molecule has 35 heavy (non-hydrogen) atoms. The van der Waals surface area contributed by atoms with E-state index in [1.807, 2.05) is 51.1 Å². The van der Waals surface area contributed by atoms with Crippen molar-refractivity contribution >= 4 is 28.6 Å². The van der Waals surface area contributed by atoms with Crippen molar-refractivity contribution in [2.75, 3.05) is 6.61 Å². The van der Waals surface area contributed by atoms with Gasteiger partial charge in [0.05, 0.1) is 17.9 Å². The normalized spacial score (nSPS) is 12.9. The summed E-state index contributed by atoms with van der Waals surface area (Å²) in [6, 6.07) is 15.9. The fourth-order valence-corrected chi connectivity index (χ4v) is 4.22. The molecule has 1 atom stereocenters. The van der Waals surface area contributed by atoms with E-state index in [2.05, 4.69) is 4.99 Å². The molecule has 4 rings (SSSR count). The van der Waals surface area contributed by atoms with E-state index in [1.165, 1.54) is 10.5 Å². The minimum absolute atomic E-state index is 0.0547. The first-order valence-corrected chi connectivity index (χ1v) is 11.7. The molecule has 0 fully saturated rings. The number of aromatic nitrogens is 3. The summed E-state index contributed by atoms with van der Waals surface area (Å²) >= 11 is 0. The maximum Gasteiger partial charge on any atom is 0.341 e. The maximum absolute atomic E-state index is 13.4. The van der Waals surface area contributed by atoms with E-state index < -0.39 is 11.9 Å². The van der Waals surface area contributed by atoms with Gasteiger partial charge >= 0.3 is 5.97 Å². The van der Waals surface area contributed by atoms with Gasteiger partial charge < -0.3 is 9.30 Å². The molecule has 0 saturated heterocycles. The van der Waals surface area contributed by atoms with Crippen LogP contribution >= 0.6 is 0 Å². The van der Waals surface area contributed by atoms with Gasteiger partial charge in [0.2, 0.25) is 0 Å². The van der Waals surface area contributed by atoms with Crippen LogP contribution in [0.15, 0.2) is 70.6 Å². The number of ether oxygens (including phenoxy) is 1. The van der Waals surface area contributed by atoms with Gasteiger partial charge in [0.1, 0.15) is 16.9 Å². The van der Waals surface area contributed by atoms with Gasteiger partial charge in [-0.05, 0) is 51.0 Å². The fraction of sp³-hybridized carbons (Fsp3) is 0.296. The molecule has 8 heteroatoms. The van der Waals surface area contributed by atoms with Crippen molar-refractivity contribution in [3.8, 4) is 0 Å². The number of amides is 1. The Morgan fingerprint density at radius 1 is 1.06 bits per heavy atom. The number of hydrogen-bond acceptors (Lipinski definition) is 5. The minimum Gasteiger partial charge on any atom is -0.462 e. The van der Waals surface area contributed by atoms with Crippen LogP contribution in [0.25, 0.3) is 16.7 Å². The number of fused-ring (bicyclic) bond motifs is 2. The number of nitrogens with zero attached hydrogens (tertiary/aromatic N) is 4. The van der Waals surface area contributed by atoms with Gasteiger partial charge in [0, 0.05) is 12.2 Å². The molecule has 3 heterocycles. The highest BCUT2D eigenvalue weighted by Crippen LogP contribution is 2.21. The van der Waals surface area contributed by atoms with E-state index in [4.69, 9.17) is 9.72 Å². The monoisotopic (exact) mass is 472 g/mol. The molecule has 0 aliphatic rings. The van der Waals surface area contributed by atoms with Crippen LogP contribution in [0.5, 0.6) is 0 Å². The zero-order valence-electron chi connectivity index (χ0n) is 20.3. The maximum atomic E-state index is 13.4. The van der Waals surface area contributed by atoms with Crippen LogP contribution in [0.1, 0.15) is 62.0 Å². The second-order valence-corrected chi connectivity index (χ2v) is 8.47. The second-order valence-electron chi connectivity index (χ2n) is 8.47. The van der Waals surface area contributed by atoms with Crippen molar-refractivity contribution in [2.45, 2.75) is 46.1 Å². The minimum atomic E-state index is -0.652. The Morgan fingerprint density at radius 2 is 1.77 bits per heavy atom. The number of esters is 1. The number of carbonyl (C=O) groups is 2. The zero-order chi connectivity index (χ0) is 25.1. The van der Waals surface area contributed by atoms with E-state index in [9.17, 15) is 14.4 Å². The predicted octanol–water partition coefficient (Wildman–Crippen LogP) is 4.03. The lowest BCUT2D eigenvalue weighted by Gasteiger charge is -2.18. The molecule has 0 radical (unpaired) electrons. The Balaban J connectivity index is 2.09. The number of pyridine rings is 2. The summed E-state index contributed by atoms with van der Waals surface area (Å²) < 4.78 is 8.38. The summed E-state index contributed by atoms with van der Waals surface area (Å²) in [7, 11) is 0. The molecular formula is C27H28N4O4. The van der Waals surface area contributed by atoms with Crippen LogP contribution in [0.2, 0.25) is 0 Å². The Bertz CT molecular complexity index is 1530. The fourth-order valence-electron chi connectivity index (χ4n) is 4.22. The van der Waals surface area contributed by atoms with Crippen molar-refractivity contribution in [3.05, 3.63) is 87.8 Å². The highest BCUT2D eigenvalue weighted by molar-refractivity contribution is 5.94. The predicted molar refractivity (Wildman–Crippen MR) is 133 cm³/mol. The third kappa shape index (κ3) is 4.51. The summed E-state index contributed by atoms with van der Waals surface area (Å²) in [4.78, 5) is 49.0. The molecule has 180 valence electrons. The molecule has 0 bridgehead atoms. The van der Waals surface area contributed by atoms with Gasteiger partial charge in [-0.1, -0.05) is 43.3 Å². The lowest BCUT2D eigenvalue weighted by molar-refractivity contribution is -0.119. The van der Waals surface area contributed by atoms with Crippen LogP contribution in [0.4, 0.5) is 0 Å². The summed E-state index contributed by atoms with van der Waals surface area (Å²) in [6.45, 7) is 7.54. The Kier molecular flexibility index (Phi) is 6.91. The van der Waals surface area contributed by atoms with Gasteiger partial charge in [0.15, 0.2) is 5.49 Å². The molecule has 0 spiro atoms. The summed E-state index contributed by atoms with van der Waals surface area (Å²) in [5, 5.41) is 0.243. The first kappa shape index (κ1) is 24.1. The highest BCUT2D eigenvalue weighted by atomic mass is 16.5. The van der Waals surface area contributed by atoms with Crippen molar-refractivity contribution in [1.29, 1.82) is 0 Å². The Morgan fingerprint density at radius 3 is 2.43 bits per heavy atom. The van der Waals surface area contributed by atoms with Gasteiger partial charge in [-0.25, -0.2) is 9.78 Å². The average Bonchev–Trinajstić information content (AvgIpc) is 2.85. The second kappa shape index (κ2) is 10.0. The largest absolute Gasteiger partial charge is 0.462 e.